The molecule has 3 rings (SSSR count). The number of piperidine rings is 1. The number of nitrogens with zero attached hydrogens (tertiary/aromatic N) is 4. The molecular weight excluding hydrogens is 305 g/mol. The SMILES string of the molecule is Cc1cc(-c2ccc(F)cc2C#N)nnc1N[C@@H]1CCCN(C)C1. The van der Waals surface area contributed by atoms with Gasteiger partial charge < -0.3 is 10.2 Å². The minimum Gasteiger partial charge on any atom is -0.364 e. The molecule has 1 aliphatic heterocycles. The second kappa shape index (κ2) is 6.93. The standard InChI is InChI=1S/C18H20FN5/c1-12-8-17(16-6-5-14(19)9-13(16)10-20)22-23-18(12)21-15-4-3-7-24(2)11-15/h5-6,8-9,15H,3-4,7,11H2,1-2H3,(H,21,23)/t15-/m1/s1. The number of halogens is 1. The lowest BCUT2D eigenvalue weighted by Gasteiger charge is -2.30. The van der Waals surface area contributed by atoms with Crippen LogP contribution in [0.3, 0.4) is 0 Å². The van der Waals surface area contributed by atoms with Gasteiger partial charge in [0.25, 0.3) is 0 Å². The molecule has 0 radical (unpaired) electrons. The van der Waals surface area contributed by atoms with E-state index in [0.29, 0.717) is 17.3 Å². The number of rotatable bonds is 3. The molecule has 0 aliphatic carbocycles. The molecule has 1 aromatic heterocycles. The highest BCUT2D eigenvalue weighted by Gasteiger charge is 2.18. The lowest BCUT2D eigenvalue weighted by molar-refractivity contribution is 0.260. The van der Waals surface area contributed by atoms with Crippen molar-refractivity contribution >= 4 is 5.82 Å². The van der Waals surface area contributed by atoms with E-state index in [2.05, 4.69) is 27.5 Å². The number of nitriles is 1. The molecule has 1 aliphatic rings. The highest BCUT2D eigenvalue weighted by Crippen LogP contribution is 2.25. The largest absolute Gasteiger partial charge is 0.364 e. The average Bonchev–Trinajstić information content (AvgIpc) is 2.56. The summed E-state index contributed by atoms with van der Waals surface area (Å²) in [6, 6.07) is 8.38. The highest BCUT2D eigenvalue weighted by molar-refractivity contribution is 5.68. The van der Waals surface area contributed by atoms with Crippen molar-refractivity contribution in [3.05, 3.63) is 41.2 Å². The summed E-state index contributed by atoms with van der Waals surface area (Å²) in [4.78, 5) is 2.30. The monoisotopic (exact) mass is 325 g/mol. The zero-order valence-electron chi connectivity index (χ0n) is 13.9. The number of likely N-dealkylation sites (N-methyl/N-ethyl adjacent to an activating group) is 1. The van der Waals surface area contributed by atoms with Crippen LogP contribution < -0.4 is 5.32 Å². The van der Waals surface area contributed by atoms with Crippen molar-refractivity contribution in [2.75, 3.05) is 25.5 Å². The third-order valence-electron chi connectivity index (χ3n) is 4.33. The molecule has 1 atom stereocenters. The number of anilines is 1. The van der Waals surface area contributed by atoms with Crippen molar-refractivity contribution in [1.29, 1.82) is 5.26 Å². The Labute approximate surface area is 141 Å². The van der Waals surface area contributed by atoms with Crippen molar-refractivity contribution in [1.82, 2.24) is 15.1 Å². The van der Waals surface area contributed by atoms with Gasteiger partial charge in [-0.05, 0) is 63.2 Å². The van der Waals surface area contributed by atoms with Crippen molar-refractivity contribution < 1.29 is 4.39 Å². The highest BCUT2D eigenvalue weighted by atomic mass is 19.1. The first-order chi connectivity index (χ1) is 11.6. The maximum absolute atomic E-state index is 13.3. The summed E-state index contributed by atoms with van der Waals surface area (Å²) in [7, 11) is 2.12. The van der Waals surface area contributed by atoms with Crippen LogP contribution in [0.5, 0.6) is 0 Å². The van der Waals surface area contributed by atoms with Gasteiger partial charge in [-0.2, -0.15) is 5.26 Å². The van der Waals surface area contributed by atoms with Crippen LogP contribution in [-0.2, 0) is 0 Å². The lowest BCUT2D eigenvalue weighted by Crippen LogP contribution is -2.40. The quantitative estimate of drug-likeness (QED) is 0.940. The van der Waals surface area contributed by atoms with Crippen LogP contribution in [0.15, 0.2) is 24.3 Å². The van der Waals surface area contributed by atoms with Crippen LogP contribution in [0, 0.1) is 24.1 Å². The van der Waals surface area contributed by atoms with Crippen LogP contribution in [0.1, 0.15) is 24.0 Å². The minimum absolute atomic E-state index is 0.262. The molecular formula is C18H20FN5. The van der Waals surface area contributed by atoms with Gasteiger partial charge in [-0.1, -0.05) is 0 Å². The fraction of sp³-hybridized carbons (Fsp3) is 0.389. The number of nitrogens with one attached hydrogen (secondary N) is 1. The summed E-state index contributed by atoms with van der Waals surface area (Å²) in [5.74, 6) is 0.333. The summed E-state index contributed by atoms with van der Waals surface area (Å²) in [5.41, 5.74) is 2.40. The van der Waals surface area contributed by atoms with Gasteiger partial charge in [0, 0.05) is 18.2 Å². The van der Waals surface area contributed by atoms with E-state index in [4.69, 9.17) is 0 Å². The molecule has 0 unspecified atom stereocenters. The number of aryl methyl sites for hydroxylation is 1. The summed E-state index contributed by atoms with van der Waals surface area (Å²) in [5, 5.41) is 21.2. The fourth-order valence-corrected chi connectivity index (χ4v) is 3.07. The predicted octanol–water partition coefficient (Wildman–Crippen LogP) is 2.97. The summed E-state index contributed by atoms with van der Waals surface area (Å²) in [6.45, 7) is 4.07. The maximum atomic E-state index is 13.3. The number of likely N-dealkylation sites (tertiary alicyclic amines) is 1. The van der Waals surface area contributed by atoms with Crippen molar-refractivity contribution in [2.24, 2.45) is 0 Å². The van der Waals surface area contributed by atoms with E-state index in [1.165, 1.54) is 18.6 Å². The molecule has 0 bridgehead atoms. The normalized spacial score (nSPS) is 18.2. The van der Waals surface area contributed by atoms with E-state index in [1.54, 1.807) is 6.07 Å². The van der Waals surface area contributed by atoms with Crippen molar-refractivity contribution in [3.63, 3.8) is 0 Å². The molecule has 0 saturated carbocycles. The molecule has 6 heteroatoms. The van der Waals surface area contributed by atoms with Crippen LogP contribution >= 0.6 is 0 Å². The summed E-state index contributed by atoms with van der Waals surface area (Å²) in [6.07, 6.45) is 2.28. The van der Waals surface area contributed by atoms with Gasteiger partial charge in [0.1, 0.15) is 5.82 Å². The zero-order valence-corrected chi connectivity index (χ0v) is 13.9. The molecule has 1 fully saturated rings. The second-order valence-corrected chi connectivity index (χ2v) is 6.31. The van der Waals surface area contributed by atoms with E-state index in [9.17, 15) is 9.65 Å². The molecule has 124 valence electrons. The van der Waals surface area contributed by atoms with E-state index < -0.39 is 5.82 Å². The van der Waals surface area contributed by atoms with Crippen LogP contribution in [0.25, 0.3) is 11.3 Å². The molecule has 24 heavy (non-hydrogen) atoms. The number of benzene rings is 1. The zero-order chi connectivity index (χ0) is 17.1. The maximum Gasteiger partial charge on any atom is 0.151 e. The Morgan fingerprint density at radius 2 is 2.17 bits per heavy atom. The Morgan fingerprint density at radius 1 is 1.33 bits per heavy atom. The average molecular weight is 325 g/mol. The molecule has 2 aromatic rings. The van der Waals surface area contributed by atoms with E-state index >= 15 is 0 Å². The number of hydrogen-bond acceptors (Lipinski definition) is 5. The Morgan fingerprint density at radius 3 is 2.88 bits per heavy atom. The number of hydrogen-bond donors (Lipinski definition) is 1. The Bertz CT molecular complexity index is 783. The van der Waals surface area contributed by atoms with Crippen molar-refractivity contribution in [2.45, 2.75) is 25.8 Å². The van der Waals surface area contributed by atoms with Gasteiger partial charge in [-0.3, -0.25) is 0 Å². The van der Waals surface area contributed by atoms with Gasteiger partial charge >= 0.3 is 0 Å². The van der Waals surface area contributed by atoms with Crippen molar-refractivity contribution in [3.8, 4) is 17.3 Å². The summed E-state index contributed by atoms with van der Waals surface area (Å²) < 4.78 is 13.3. The number of aromatic nitrogens is 2. The molecule has 1 N–H and O–H groups in total. The van der Waals surface area contributed by atoms with E-state index in [0.717, 1.165) is 30.9 Å². The predicted molar refractivity (Wildman–Crippen MR) is 91.0 cm³/mol. The molecule has 0 amide bonds. The Kier molecular flexibility index (Phi) is 4.72. The topological polar surface area (TPSA) is 64.8 Å². The molecule has 5 nitrogen and oxygen atoms in total. The summed E-state index contributed by atoms with van der Waals surface area (Å²) >= 11 is 0. The second-order valence-electron chi connectivity index (χ2n) is 6.31. The first-order valence-corrected chi connectivity index (χ1v) is 8.06. The molecule has 2 heterocycles. The van der Waals surface area contributed by atoms with Crippen LogP contribution in [0.2, 0.25) is 0 Å². The third kappa shape index (κ3) is 3.52. The lowest BCUT2D eigenvalue weighted by atomic mass is 10.0. The fourth-order valence-electron chi connectivity index (χ4n) is 3.07. The first-order valence-electron chi connectivity index (χ1n) is 8.06. The van der Waals surface area contributed by atoms with Gasteiger partial charge in [-0.15, -0.1) is 10.2 Å². The van der Waals surface area contributed by atoms with Gasteiger partial charge in [0.05, 0.1) is 17.3 Å². The van der Waals surface area contributed by atoms with E-state index in [-0.39, 0.29) is 5.56 Å². The van der Waals surface area contributed by atoms with Gasteiger partial charge in [0.2, 0.25) is 0 Å². The van der Waals surface area contributed by atoms with Gasteiger partial charge in [-0.25, -0.2) is 4.39 Å². The first kappa shape index (κ1) is 16.3. The smallest absolute Gasteiger partial charge is 0.151 e. The molecule has 1 aromatic carbocycles. The minimum atomic E-state index is -0.431. The van der Waals surface area contributed by atoms with Crippen LogP contribution in [-0.4, -0.2) is 41.3 Å². The van der Waals surface area contributed by atoms with E-state index in [1.807, 2.05) is 19.1 Å². The third-order valence-corrected chi connectivity index (χ3v) is 4.33. The van der Waals surface area contributed by atoms with Crippen LogP contribution in [0.4, 0.5) is 10.2 Å². The molecule has 1 saturated heterocycles. The Hall–Kier alpha value is -2.52. The van der Waals surface area contributed by atoms with Gasteiger partial charge in [0.15, 0.2) is 5.82 Å². The molecule has 0 spiro atoms. The Balaban J connectivity index is 1.84.